The Kier molecular flexibility index (Phi) is 2.33. The number of methoxy groups -OCH3 is 2. The van der Waals surface area contributed by atoms with E-state index in [1.54, 1.807) is 0 Å². The van der Waals surface area contributed by atoms with Crippen molar-refractivity contribution in [2.75, 3.05) is 14.2 Å². The number of fused-ring (bicyclic) bond motifs is 3. The Hall–Kier alpha value is -1.65. The third-order valence-corrected chi connectivity index (χ3v) is 4.15. The first-order valence-electron chi connectivity index (χ1n) is 6.06. The van der Waals surface area contributed by atoms with Gasteiger partial charge in [-0.1, -0.05) is 6.58 Å². The van der Waals surface area contributed by atoms with Crippen LogP contribution >= 0.6 is 0 Å². The Morgan fingerprint density at radius 3 is 2.72 bits per heavy atom. The maximum Gasteiger partial charge on any atom is 0.381 e. The van der Waals surface area contributed by atoms with E-state index in [1.165, 1.54) is 14.2 Å². The van der Waals surface area contributed by atoms with Crippen LogP contribution in [0, 0.1) is 11.8 Å². The van der Waals surface area contributed by atoms with Crippen LogP contribution in [0.25, 0.3) is 0 Å². The molecule has 3 aliphatic rings. The number of rotatable bonds is 2. The second-order valence-corrected chi connectivity index (χ2v) is 4.92. The van der Waals surface area contributed by atoms with Crippen molar-refractivity contribution in [1.29, 1.82) is 0 Å². The molecule has 1 spiro atoms. The van der Waals surface area contributed by atoms with Crippen molar-refractivity contribution >= 4 is 5.97 Å². The highest BCUT2D eigenvalue weighted by molar-refractivity contribution is 5.87. The smallest absolute Gasteiger partial charge is 0.381 e. The van der Waals surface area contributed by atoms with Gasteiger partial charge in [0.1, 0.15) is 0 Å². The minimum atomic E-state index is -0.905. The normalized spacial score (nSPS) is 36.9. The summed E-state index contributed by atoms with van der Waals surface area (Å²) in [5.41, 5.74) is 0.909. The van der Waals surface area contributed by atoms with Gasteiger partial charge >= 0.3 is 11.9 Å². The Balaban J connectivity index is 1.92. The molecule has 2 aliphatic carbocycles. The van der Waals surface area contributed by atoms with Gasteiger partial charge in [0, 0.05) is 11.5 Å². The van der Waals surface area contributed by atoms with Crippen LogP contribution < -0.4 is 0 Å². The number of hydrogen-bond donors (Lipinski definition) is 0. The topological polar surface area (TPSA) is 54.0 Å². The molecule has 3 unspecified atom stereocenters. The molecule has 0 radical (unpaired) electrons. The Bertz CT molecular complexity index is 452. The average molecular weight is 252 g/mol. The van der Waals surface area contributed by atoms with E-state index in [9.17, 15) is 4.79 Å². The van der Waals surface area contributed by atoms with Gasteiger partial charge in [0.2, 0.25) is 0 Å². The minimum absolute atomic E-state index is 0.00806. The SMILES string of the molecule is C=C1C2CCC(C2)C12OC(OC)=C(C(=O)OC)O2. The summed E-state index contributed by atoms with van der Waals surface area (Å²) in [6, 6.07) is 0. The molecule has 5 nitrogen and oxygen atoms in total. The van der Waals surface area contributed by atoms with Crippen LogP contribution in [0.15, 0.2) is 23.9 Å². The standard InChI is InChI=1S/C13H16O5/c1-7-8-4-5-9(6-8)13(7)17-10(11(14)15-2)12(16-3)18-13/h8-9H,1,4-6H2,2-3H3. The first kappa shape index (κ1) is 11.4. The summed E-state index contributed by atoms with van der Waals surface area (Å²) in [4.78, 5) is 11.6. The van der Waals surface area contributed by atoms with E-state index in [0.29, 0.717) is 5.92 Å². The van der Waals surface area contributed by atoms with E-state index in [0.717, 1.165) is 24.8 Å². The summed E-state index contributed by atoms with van der Waals surface area (Å²) in [5.74, 6) is -0.728. The maximum atomic E-state index is 11.6. The quantitative estimate of drug-likeness (QED) is 0.553. The lowest BCUT2D eigenvalue weighted by Gasteiger charge is -2.33. The lowest BCUT2D eigenvalue weighted by molar-refractivity contribution is -0.177. The lowest BCUT2D eigenvalue weighted by atomic mass is 9.90. The van der Waals surface area contributed by atoms with Crippen molar-refractivity contribution in [3.63, 3.8) is 0 Å². The summed E-state index contributed by atoms with van der Waals surface area (Å²) in [6.07, 6.45) is 3.15. The van der Waals surface area contributed by atoms with Gasteiger partial charge < -0.3 is 18.9 Å². The molecule has 0 aromatic rings. The zero-order valence-electron chi connectivity index (χ0n) is 10.5. The molecule has 2 bridgehead atoms. The van der Waals surface area contributed by atoms with Crippen molar-refractivity contribution in [3.05, 3.63) is 23.9 Å². The van der Waals surface area contributed by atoms with Crippen molar-refractivity contribution in [2.45, 2.75) is 25.0 Å². The van der Waals surface area contributed by atoms with Gasteiger partial charge in [0.15, 0.2) is 0 Å². The highest BCUT2D eigenvalue weighted by atomic mass is 16.8. The lowest BCUT2D eigenvalue weighted by Crippen LogP contribution is -2.39. The fourth-order valence-corrected chi connectivity index (χ4v) is 3.24. The second kappa shape index (κ2) is 3.67. The largest absolute Gasteiger partial charge is 0.466 e. The zero-order valence-corrected chi connectivity index (χ0v) is 10.5. The van der Waals surface area contributed by atoms with Crippen LogP contribution in [-0.2, 0) is 23.7 Å². The van der Waals surface area contributed by atoms with Crippen LogP contribution in [0.1, 0.15) is 19.3 Å². The van der Waals surface area contributed by atoms with Crippen LogP contribution in [0.4, 0.5) is 0 Å². The van der Waals surface area contributed by atoms with Crippen molar-refractivity contribution in [3.8, 4) is 0 Å². The first-order valence-corrected chi connectivity index (χ1v) is 6.06. The summed E-state index contributed by atoms with van der Waals surface area (Å²) in [7, 11) is 2.74. The van der Waals surface area contributed by atoms with E-state index in [2.05, 4.69) is 11.3 Å². The molecule has 5 heteroatoms. The molecule has 1 aliphatic heterocycles. The van der Waals surface area contributed by atoms with Gasteiger partial charge in [-0.15, -0.1) is 0 Å². The maximum absolute atomic E-state index is 11.6. The van der Waals surface area contributed by atoms with E-state index >= 15 is 0 Å². The molecule has 0 aromatic carbocycles. The number of hydrogen-bond acceptors (Lipinski definition) is 5. The predicted molar refractivity (Wildman–Crippen MR) is 60.9 cm³/mol. The van der Waals surface area contributed by atoms with Crippen molar-refractivity contribution < 1.29 is 23.7 Å². The van der Waals surface area contributed by atoms with Gasteiger partial charge in [-0.05, 0) is 25.2 Å². The van der Waals surface area contributed by atoms with Gasteiger partial charge in [-0.2, -0.15) is 0 Å². The molecular formula is C13H16O5. The summed E-state index contributed by atoms with van der Waals surface area (Å²) >= 11 is 0. The highest BCUT2D eigenvalue weighted by Crippen LogP contribution is 2.59. The molecule has 18 heavy (non-hydrogen) atoms. The number of esters is 1. The van der Waals surface area contributed by atoms with Crippen LogP contribution in [0.5, 0.6) is 0 Å². The summed E-state index contributed by atoms with van der Waals surface area (Å²) in [6.45, 7) is 4.08. The number of carbonyl (C=O) groups excluding carboxylic acids is 1. The molecule has 3 atom stereocenters. The van der Waals surface area contributed by atoms with Gasteiger partial charge in [0.25, 0.3) is 11.5 Å². The fraction of sp³-hybridized carbons (Fsp3) is 0.615. The molecule has 2 saturated carbocycles. The molecule has 2 fully saturated rings. The molecule has 0 aromatic heterocycles. The average Bonchev–Trinajstić information content (AvgIpc) is 3.06. The fourth-order valence-electron chi connectivity index (χ4n) is 3.24. The van der Waals surface area contributed by atoms with Gasteiger partial charge in [0.05, 0.1) is 14.2 Å². The van der Waals surface area contributed by atoms with Gasteiger partial charge in [-0.25, -0.2) is 4.79 Å². The molecule has 3 rings (SSSR count). The van der Waals surface area contributed by atoms with Crippen molar-refractivity contribution in [2.24, 2.45) is 11.8 Å². The molecule has 0 N–H and O–H groups in total. The molecular weight excluding hydrogens is 236 g/mol. The van der Waals surface area contributed by atoms with Gasteiger partial charge in [-0.3, -0.25) is 0 Å². The number of carbonyl (C=O) groups is 1. The van der Waals surface area contributed by atoms with E-state index in [4.69, 9.17) is 14.2 Å². The molecule has 1 heterocycles. The third-order valence-electron chi connectivity index (χ3n) is 4.15. The molecule has 98 valence electrons. The molecule has 0 amide bonds. The molecule has 0 saturated heterocycles. The second-order valence-electron chi connectivity index (χ2n) is 4.92. The van der Waals surface area contributed by atoms with E-state index < -0.39 is 11.8 Å². The Morgan fingerprint density at radius 1 is 1.39 bits per heavy atom. The summed E-state index contributed by atoms with van der Waals surface area (Å²) in [5, 5.41) is 0. The minimum Gasteiger partial charge on any atom is -0.466 e. The first-order chi connectivity index (χ1) is 8.62. The van der Waals surface area contributed by atoms with Crippen LogP contribution in [0.3, 0.4) is 0 Å². The third kappa shape index (κ3) is 1.24. The van der Waals surface area contributed by atoms with E-state index in [-0.39, 0.29) is 17.6 Å². The van der Waals surface area contributed by atoms with Crippen LogP contribution in [-0.4, -0.2) is 26.0 Å². The summed E-state index contributed by atoms with van der Waals surface area (Å²) < 4.78 is 21.3. The van der Waals surface area contributed by atoms with Crippen LogP contribution in [0.2, 0.25) is 0 Å². The number of ether oxygens (including phenoxy) is 4. The zero-order chi connectivity index (χ0) is 12.9. The predicted octanol–water partition coefficient (Wildman–Crippen LogP) is 1.70. The van der Waals surface area contributed by atoms with Crippen molar-refractivity contribution in [1.82, 2.24) is 0 Å². The Labute approximate surface area is 105 Å². The highest BCUT2D eigenvalue weighted by Gasteiger charge is 2.63. The van der Waals surface area contributed by atoms with E-state index in [1.807, 2.05) is 0 Å². The monoisotopic (exact) mass is 252 g/mol. The Morgan fingerprint density at radius 2 is 2.17 bits per heavy atom.